The smallest absolute Gasteiger partial charge is 0.0970 e. The molecule has 2 N–H and O–H groups in total. The highest BCUT2D eigenvalue weighted by molar-refractivity contribution is 7.18. The van der Waals surface area contributed by atoms with Crippen LogP contribution in [0.1, 0.15) is 23.8 Å². The van der Waals surface area contributed by atoms with Gasteiger partial charge in [-0.2, -0.15) is 0 Å². The van der Waals surface area contributed by atoms with Gasteiger partial charge in [0, 0.05) is 24.0 Å². The Kier molecular flexibility index (Phi) is 4.03. The van der Waals surface area contributed by atoms with E-state index >= 15 is 0 Å². The van der Waals surface area contributed by atoms with Crippen LogP contribution in [0.25, 0.3) is 10.2 Å². The maximum Gasteiger partial charge on any atom is 0.0970 e. The van der Waals surface area contributed by atoms with Gasteiger partial charge in [-0.3, -0.25) is 0 Å². The van der Waals surface area contributed by atoms with Crippen molar-refractivity contribution in [2.75, 3.05) is 26.2 Å². The van der Waals surface area contributed by atoms with Gasteiger partial charge in [0.25, 0.3) is 0 Å². The highest BCUT2D eigenvalue weighted by Gasteiger charge is 2.22. The molecular formula is C14H18ClN3S. The Hall–Kier alpha value is -0.680. The van der Waals surface area contributed by atoms with E-state index in [0.29, 0.717) is 5.92 Å². The summed E-state index contributed by atoms with van der Waals surface area (Å²) in [5, 5.41) is 2.03. The molecule has 5 heteroatoms. The first-order chi connectivity index (χ1) is 9.26. The second-order valence-electron chi connectivity index (χ2n) is 5.07. The second-order valence-corrected chi connectivity index (χ2v) is 6.57. The number of halogens is 1. The Bertz CT molecular complexity index is 561. The van der Waals surface area contributed by atoms with E-state index in [1.165, 1.54) is 22.5 Å². The van der Waals surface area contributed by atoms with Gasteiger partial charge in [-0.15, -0.1) is 11.3 Å². The molecule has 1 fully saturated rings. The minimum absolute atomic E-state index is 0.602. The minimum Gasteiger partial charge on any atom is -0.329 e. The fourth-order valence-corrected chi connectivity index (χ4v) is 3.96. The number of nitrogens with two attached hydrogens (primary N) is 1. The fraction of sp³-hybridized carbons (Fsp3) is 0.500. The van der Waals surface area contributed by atoms with Gasteiger partial charge in [0.2, 0.25) is 0 Å². The normalized spacial score (nSPS) is 18.2. The molecule has 2 aromatic rings. The fourth-order valence-electron chi connectivity index (χ4n) is 2.68. The van der Waals surface area contributed by atoms with Gasteiger partial charge < -0.3 is 10.6 Å². The van der Waals surface area contributed by atoms with E-state index in [-0.39, 0.29) is 0 Å². The molecular weight excluding hydrogens is 278 g/mol. The summed E-state index contributed by atoms with van der Waals surface area (Å²) in [5.74, 6) is 0.602. The van der Waals surface area contributed by atoms with E-state index < -0.39 is 0 Å². The largest absolute Gasteiger partial charge is 0.329 e. The number of aromatic nitrogens is 1. The third-order valence-electron chi connectivity index (χ3n) is 3.75. The molecule has 0 bridgehead atoms. The Morgan fingerprint density at radius 2 is 2.16 bits per heavy atom. The first kappa shape index (κ1) is 13.3. The highest BCUT2D eigenvalue weighted by Crippen LogP contribution is 2.34. The van der Waals surface area contributed by atoms with Crippen LogP contribution in [0.5, 0.6) is 0 Å². The number of piperidine rings is 1. The average Bonchev–Trinajstić information content (AvgIpc) is 2.83. The molecule has 2 heterocycles. The first-order valence-corrected chi connectivity index (χ1v) is 7.94. The van der Waals surface area contributed by atoms with Crippen molar-refractivity contribution in [2.24, 2.45) is 5.73 Å². The molecule has 1 saturated heterocycles. The average molecular weight is 296 g/mol. The van der Waals surface area contributed by atoms with Crippen LogP contribution in [-0.4, -0.2) is 36.1 Å². The van der Waals surface area contributed by atoms with E-state index in [1.54, 1.807) is 0 Å². The molecule has 1 aliphatic heterocycles. The highest BCUT2D eigenvalue weighted by atomic mass is 35.5. The van der Waals surface area contributed by atoms with Gasteiger partial charge in [-0.05, 0) is 44.1 Å². The standard InChI is InChI=1S/C14H18ClN3S/c15-11-1-2-13-12(9-11)17-14(19-13)10-3-6-18(7-4-10)8-5-16/h1-2,9-10H,3-8,16H2. The van der Waals surface area contributed by atoms with Crippen molar-refractivity contribution in [3.63, 3.8) is 0 Å². The van der Waals surface area contributed by atoms with Crippen LogP contribution in [0, 0.1) is 0 Å². The second kappa shape index (κ2) is 5.75. The molecule has 3 nitrogen and oxygen atoms in total. The molecule has 19 heavy (non-hydrogen) atoms. The number of rotatable bonds is 3. The topological polar surface area (TPSA) is 42.1 Å². The Morgan fingerprint density at radius 1 is 1.37 bits per heavy atom. The SMILES string of the molecule is NCCN1CCC(c2nc3cc(Cl)ccc3s2)CC1. The van der Waals surface area contributed by atoms with Crippen molar-refractivity contribution in [1.29, 1.82) is 0 Å². The van der Waals surface area contributed by atoms with E-state index in [4.69, 9.17) is 22.3 Å². The molecule has 102 valence electrons. The zero-order valence-corrected chi connectivity index (χ0v) is 12.4. The van der Waals surface area contributed by atoms with Gasteiger partial charge in [0.15, 0.2) is 0 Å². The van der Waals surface area contributed by atoms with Gasteiger partial charge in [0.05, 0.1) is 15.2 Å². The number of fused-ring (bicyclic) bond motifs is 1. The lowest BCUT2D eigenvalue weighted by molar-refractivity contribution is 0.217. The van der Waals surface area contributed by atoms with Crippen LogP contribution >= 0.6 is 22.9 Å². The summed E-state index contributed by atoms with van der Waals surface area (Å²) in [6.45, 7) is 4.05. The number of nitrogens with zero attached hydrogens (tertiary/aromatic N) is 2. The maximum atomic E-state index is 6.01. The van der Waals surface area contributed by atoms with Gasteiger partial charge >= 0.3 is 0 Å². The van der Waals surface area contributed by atoms with Crippen LogP contribution in [0.3, 0.4) is 0 Å². The lowest BCUT2D eigenvalue weighted by Crippen LogP contribution is -2.36. The molecule has 1 aromatic heterocycles. The number of thiazole rings is 1. The summed E-state index contributed by atoms with van der Waals surface area (Å²) in [4.78, 5) is 7.20. The molecule has 3 rings (SSSR count). The van der Waals surface area contributed by atoms with Crippen molar-refractivity contribution in [2.45, 2.75) is 18.8 Å². The molecule has 0 radical (unpaired) electrons. The van der Waals surface area contributed by atoms with Gasteiger partial charge in [0.1, 0.15) is 0 Å². The number of likely N-dealkylation sites (tertiary alicyclic amines) is 1. The van der Waals surface area contributed by atoms with Gasteiger partial charge in [-0.1, -0.05) is 11.6 Å². The van der Waals surface area contributed by atoms with Crippen LogP contribution in [0.4, 0.5) is 0 Å². The predicted octanol–water partition coefficient (Wildman–Crippen LogP) is 3.09. The summed E-state index contributed by atoms with van der Waals surface area (Å²) in [7, 11) is 0. The number of hydrogen-bond donors (Lipinski definition) is 1. The summed E-state index contributed by atoms with van der Waals surface area (Å²) < 4.78 is 1.24. The number of hydrogen-bond acceptors (Lipinski definition) is 4. The number of benzene rings is 1. The summed E-state index contributed by atoms with van der Waals surface area (Å²) in [6, 6.07) is 5.97. The lowest BCUT2D eigenvalue weighted by atomic mass is 9.97. The van der Waals surface area contributed by atoms with Crippen LogP contribution in [0.15, 0.2) is 18.2 Å². The van der Waals surface area contributed by atoms with Crippen molar-refractivity contribution < 1.29 is 0 Å². The van der Waals surface area contributed by atoms with E-state index in [2.05, 4.69) is 11.0 Å². The van der Waals surface area contributed by atoms with E-state index in [9.17, 15) is 0 Å². The Morgan fingerprint density at radius 3 is 2.89 bits per heavy atom. The zero-order valence-electron chi connectivity index (χ0n) is 10.8. The Labute approximate surface area is 122 Å². The van der Waals surface area contributed by atoms with E-state index in [1.807, 2.05) is 23.5 Å². The summed E-state index contributed by atoms with van der Waals surface area (Å²) in [5.41, 5.74) is 6.64. The van der Waals surface area contributed by atoms with E-state index in [0.717, 1.165) is 36.7 Å². The molecule has 0 aliphatic carbocycles. The molecule has 0 spiro atoms. The van der Waals surface area contributed by atoms with Gasteiger partial charge in [-0.25, -0.2) is 4.98 Å². The molecule has 0 atom stereocenters. The van der Waals surface area contributed by atoms with Crippen molar-refractivity contribution >= 4 is 33.2 Å². The lowest BCUT2D eigenvalue weighted by Gasteiger charge is -2.30. The third kappa shape index (κ3) is 2.92. The summed E-state index contributed by atoms with van der Waals surface area (Å²) in [6.07, 6.45) is 2.38. The monoisotopic (exact) mass is 295 g/mol. The zero-order chi connectivity index (χ0) is 13.2. The molecule has 0 saturated carbocycles. The van der Waals surface area contributed by atoms with Crippen molar-refractivity contribution in [3.8, 4) is 0 Å². The first-order valence-electron chi connectivity index (χ1n) is 6.74. The molecule has 1 aromatic carbocycles. The third-order valence-corrected chi connectivity index (χ3v) is 5.18. The minimum atomic E-state index is 0.602. The maximum absolute atomic E-state index is 6.01. The van der Waals surface area contributed by atoms with Crippen molar-refractivity contribution in [1.82, 2.24) is 9.88 Å². The van der Waals surface area contributed by atoms with Crippen molar-refractivity contribution in [3.05, 3.63) is 28.2 Å². The van der Waals surface area contributed by atoms with Crippen LogP contribution in [-0.2, 0) is 0 Å². The quantitative estimate of drug-likeness (QED) is 0.946. The summed E-state index contributed by atoms with van der Waals surface area (Å²) >= 11 is 7.83. The molecule has 1 aliphatic rings. The van der Waals surface area contributed by atoms with Crippen LogP contribution in [0.2, 0.25) is 5.02 Å². The Balaban J connectivity index is 1.74. The van der Waals surface area contributed by atoms with Crippen LogP contribution < -0.4 is 5.73 Å². The molecule has 0 amide bonds. The predicted molar refractivity (Wildman–Crippen MR) is 82.1 cm³/mol. The molecule has 0 unspecified atom stereocenters.